The van der Waals surface area contributed by atoms with Crippen LogP contribution < -0.4 is 5.32 Å². The van der Waals surface area contributed by atoms with Crippen LogP contribution in [0.1, 0.15) is 68.4 Å². The molecule has 1 aromatic carbocycles. The molecule has 0 radical (unpaired) electrons. The first-order valence-corrected chi connectivity index (χ1v) is 11.1. The van der Waals surface area contributed by atoms with Crippen LogP contribution in [0.3, 0.4) is 0 Å². The van der Waals surface area contributed by atoms with E-state index < -0.39 is 0 Å². The third-order valence-corrected chi connectivity index (χ3v) is 6.66. The summed E-state index contributed by atoms with van der Waals surface area (Å²) in [5.41, 5.74) is 2.19. The lowest BCUT2D eigenvalue weighted by molar-refractivity contribution is -0.121. The first-order chi connectivity index (χ1) is 14.1. The van der Waals surface area contributed by atoms with Gasteiger partial charge in [0.2, 0.25) is 5.91 Å². The molecule has 0 saturated heterocycles. The number of fused-ring (bicyclic) bond motifs is 2. The lowest BCUT2D eigenvalue weighted by Gasteiger charge is -2.13. The van der Waals surface area contributed by atoms with Gasteiger partial charge >= 0.3 is 0 Å². The van der Waals surface area contributed by atoms with E-state index >= 15 is 0 Å². The number of amides is 3. The van der Waals surface area contributed by atoms with Gasteiger partial charge in [0.15, 0.2) is 0 Å². The molecule has 2 heterocycles. The van der Waals surface area contributed by atoms with Crippen molar-refractivity contribution in [3.63, 3.8) is 0 Å². The maximum absolute atomic E-state index is 12.3. The van der Waals surface area contributed by atoms with Crippen molar-refractivity contribution in [2.45, 2.75) is 51.4 Å². The van der Waals surface area contributed by atoms with Crippen molar-refractivity contribution in [2.24, 2.45) is 0 Å². The van der Waals surface area contributed by atoms with Gasteiger partial charge in [0, 0.05) is 30.8 Å². The molecule has 0 spiro atoms. The highest BCUT2D eigenvalue weighted by molar-refractivity contribution is 7.11. The van der Waals surface area contributed by atoms with Gasteiger partial charge in [0.05, 0.1) is 21.8 Å². The largest absolute Gasteiger partial charge is 0.356 e. The molecule has 4 rings (SSSR count). The third kappa shape index (κ3) is 4.40. The van der Waals surface area contributed by atoms with Crippen LogP contribution in [-0.4, -0.2) is 40.7 Å². The number of aromatic nitrogens is 1. The summed E-state index contributed by atoms with van der Waals surface area (Å²) in [7, 11) is 0. The Kier molecular flexibility index (Phi) is 6.04. The second-order valence-corrected chi connectivity index (χ2v) is 8.72. The molecule has 6 nitrogen and oxygen atoms in total. The van der Waals surface area contributed by atoms with Crippen LogP contribution in [0, 0.1) is 0 Å². The van der Waals surface area contributed by atoms with Gasteiger partial charge in [0.25, 0.3) is 11.8 Å². The number of carbonyl (C=O) groups excluding carboxylic acids is 3. The molecule has 0 atom stereocenters. The SMILES string of the molecule is O=C(CCCN1C(=O)c2ccccc2C1=O)NCCCc1nc2c(s1)CCCC2. The van der Waals surface area contributed by atoms with Gasteiger partial charge < -0.3 is 5.32 Å². The van der Waals surface area contributed by atoms with Crippen LogP contribution in [0.15, 0.2) is 24.3 Å². The number of nitrogens with zero attached hydrogens (tertiary/aromatic N) is 2. The van der Waals surface area contributed by atoms with Crippen LogP contribution in [0.25, 0.3) is 0 Å². The molecule has 1 aliphatic carbocycles. The molecule has 1 N–H and O–H groups in total. The van der Waals surface area contributed by atoms with Crippen LogP contribution in [-0.2, 0) is 24.1 Å². The normalized spacial score (nSPS) is 15.4. The molecule has 0 bridgehead atoms. The third-order valence-electron chi connectivity index (χ3n) is 5.44. The summed E-state index contributed by atoms with van der Waals surface area (Å²) in [4.78, 5) is 44.1. The highest BCUT2D eigenvalue weighted by atomic mass is 32.1. The average molecular weight is 412 g/mol. The minimum Gasteiger partial charge on any atom is -0.356 e. The Labute approximate surface area is 174 Å². The molecule has 3 amide bonds. The van der Waals surface area contributed by atoms with Gasteiger partial charge in [-0.15, -0.1) is 11.3 Å². The quantitative estimate of drug-likeness (QED) is 0.535. The zero-order valence-corrected chi connectivity index (χ0v) is 17.2. The highest BCUT2D eigenvalue weighted by Crippen LogP contribution is 2.27. The van der Waals surface area contributed by atoms with Crippen molar-refractivity contribution in [3.8, 4) is 0 Å². The summed E-state index contributed by atoms with van der Waals surface area (Å²) in [6.07, 6.45) is 7.32. The van der Waals surface area contributed by atoms with Gasteiger partial charge in [0.1, 0.15) is 0 Å². The summed E-state index contributed by atoms with van der Waals surface area (Å²) in [5.74, 6) is -0.575. The van der Waals surface area contributed by atoms with Gasteiger partial charge in [-0.2, -0.15) is 0 Å². The molecule has 2 aromatic rings. The molecule has 0 fully saturated rings. The maximum atomic E-state index is 12.3. The Hall–Kier alpha value is -2.54. The minimum atomic E-state index is -0.267. The standard InChI is InChI=1S/C22H25N3O3S/c26-19(23-13-5-12-20-24-17-9-3-4-10-18(17)29-20)11-6-14-25-21(27)15-7-1-2-8-16(15)22(25)28/h1-2,7-8H,3-6,9-14H2,(H,23,26). The van der Waals surface area contributed by atoms with Crippen LogP contribution in [0.2, 0.25) is 0 Å². The minimum absolute atomic E-state index is 0.0416. The predicted octanol–water partition coefficient (Wildman–Crippen LogP) is 3.15. The van der Waals surface area contributed by atoms with E-state index in [0.29, 0.717) is 30.5 Å². The number of rotatable bonds is 8. The zero-order chi connectivity index (χ0) is 20.2. The molecule has 0 unspecified atom stereocenters. The van der Waals surface area contributed by atoms with Gasteiger partial charge in [-0.3, -0.25) is 19.3 Å². The number of benzene rings is 1. The maximum Gasteiger partial charge on any atom is 0.261 e. The molecule has 152 valence electrons. The Morgan fingerprint density at radius 2 is 1.79 bits per heavy atom. The molecular formula is C22H25N3O3S. The molecule has 1 aromatic heterocycles. The Bertz CT molecular complexity index is 879. The number of nitrogens with one attached hydrogen (secondary N) is 1. The van der Waals surface area contributed by atoms with Crippen molar-refractivity contribution in [1.29, 1.82) is 0 Å². The van der Waals surface area contributed by atoms with Crippen molar-refractivity contribution in [1.82, 2.24) is 15.2 Å². The number of hydrogen-bond acceptors (Lipinski definition) is 5. The van der Waals surface area contributed by atoms with Crippen LogP contribution >= 0.6 is 11.3 Å². The fraction of sp³-hybridized carbons (Fsp3) is 0.455. The van der Waals surface area contributed by atoms with Gasteiger partial charge in [-0.25, -0.2) is 4.98 Å². The number of aryl methyl sites for hydroxylation is 3. The van der Waals surface area contributed by atoms with E-state index in [9.17, 15) is 14.4 Å². The summed E-state index contributed by atoms with van der Waals surface area (Å²) < 4.78 is 0. The number of thiazole rings is 1. The topological polar surface area (TPSA) is 79.4 Å². The molecule has 1 aliphatic heterocycles. The molecule has 29 heavy (non-hydrogen) atoms. The monoisotopic (exact) mass is 411 g/mol. The summed E-state index contributed by atoms with van der Waals surface area (Å²) in [6.45, 7) is 0.889. The zero-order valence-electron chi connectivity index (χ0n) is 16.4. The number of imide groups is 1. The Morgan fingerprint density at radius 3 is 2.52 bits per heavy atom. The molecule has 2 aliphatic rings. The lowest BCUT2D eigenvalue weighted by Crippen LogP contribution is -2.32. The van der Waals surface area contributed by atoms with Crippen molar-refractivity contribution >= 4 is 29.1 Å². The van der Waals surface area contributed by atoms with Crippen molar-refractivity contribution < 1.29 is 14.4 Å². The highest BCUT2D eigenvalue weighted by Gasteiger charge is 2.34. The number of hydrogen-bond donors (Lipinski definition) is 1. The first-order valence-electron chi connectivity index (χ1n) is 10.3. The Balaban J connectivity index is 1.14. The smallest absolute Gasteiger partial charge is 0.261 e. The van der Waals surface area contributed by atoms with Crippen LogP contribution in [0.5, 0.6) is 0 Å². The van der Waals surface area contributed by atoms with Crippen molar-refractivity contribution in [3.05, 3.63) is 51.0 Å². The number of carbonyl (C=O) groups is 3. The molecule has 7 heteroatoms. The fourth-order valence-corrected chi connectivity index (χ4v) is 5.11. The van der Waals surface area contributed by atoms with E-state index in [0.717, 1.165) is 25.7 Å². The second-order valence-electron chi connectivity index (χ2n) is 7.55. The first kappa shape index (κ1) is 19.8. The predicted molar refractivity (Wildman–Crippen MR) is 111 cm³/mol. The van der Waals surface area contributed by atoms with E-state index in [1.165, 1.54) is 33.3 Å². The molecular weight excluding hydrogens is 386 g/mol. The van der Waals surface area contributed by atoms with Crippen LogP contribution in [0.4, 0.5) is 0 Å². The van der Waals surface area contributed by atoms with E-state index in [2.05, 4.69) is 5.32 Å². The lowest BCUT2D eigenvalue weighted by atomic mass is 10.0. The second kappa shape index (κ2) is 8.86. The summed E-state index contributed by atoms with van der Waals surface area (Å²) in [6, 6.07) is 6.84. The molecule has 0 saturated carbocycles. The van der Waals surface area contributed by atoms with E-state index in [1.54, 1.807) is 24.3 Å². The Morgan fingerprint density at radius 1 is 1.07 bits per heavy atom. The van der Waals surface area contributed by atoms with Gasteiger partial charge in [-0.05, 0) is 50.7 Å². The van der Waals surface area contributed by atoms with E-state index in [-0.39, 0.29) is 24.3 Å². The summed E-state index contributed by atoms with van der Waals surface area (Å²) >= 11 is 1.82. The van der Waals surface area contributed by atoms with Gasteiger partial charge in [-0.1, -0.05) is 12.1 Å². The summed E-state index contributed by atoms with van der Waals surface area (Å²) in [5, 5.41) is 4.11. The van der Waals surface area contributed by atoms with Crippen molar-refractivity contribution in [2.75, 3.05) is 13.1 Å². The van der Waals surface area contributed by atoms with E-state index in [1.807, 2.05) is 11.3 Å². The fourth-order valence-electron chi connectivity index (χ4n) is 3.91. The average Bonchev–Trinajstić information content (AvgIpc) is 3.25. The van der Waals surface area contributed by atoms with E-state index in [4.69, 9.17) is 4.98 Å².